The van der Waals surface area contributed by atoms with Gasteiger partial charge in [0, 0.05) is 0 Å². The van der Waals surface area contributed by atoms with E-state index in [4.69, 9.17) is 13.8 Å². The van der Waals surface area contributed by atoms with Crippen molar-refractivity contribution in [2.75, 3.05) is 20.3 Å². The molecule has 8 nitrogen and oxygen atoms in total. The second-order valence-corrected chi connectivity index (χ2v) is 11.0. The zero-order valence-corrected chi connectivity index (χ0v) is 18.7. The molecule has 0 saturated carbocycles. The van der Waals surface area contributed by atoms with Gasteiger partial charge in [0.05, 0.1) is 0 Å². The molecule has 152 valence electrons. The van der Waals surface area contributed by atoms with Gasteiger partial charge in [-0.15, -0.1) is 0 Å². The molecule has 1 amide bonds. The zero-order chi connectivity index (χ0) is 19.9. The van der Waals surface area contributed by atoms with Gasteiger partial charge in [-0.2, -0.15) is 0 Å². The first kappa shape index (κ1) is 23.7. The fourth-order valence-electron chi connectivity index (χ4n) is 2.20. The molecule has 2 unspecified atom stereocenters. The van der Waals surface area contributed by atoms with E-state index in [2.05, 4.69) is 0 Å². The van der Waals surface area contributed by atoms with E-state index in [-0.39, 0.29) is 19.1 Å². The Balaban J connectivity index is 3.00. The number of carbonyl (C=O) groups excluding carboxylic acids is 1. The molecule has 0 aromatic carbocycles. The molecule has 0 radical (unpaired) electrons. The minimum absolute atomic E-state index is 0.130. The first-order valence-corrected chi connectivity index (χ1v) is 11.5. The predicted octanol–water partition coefficient (Wildman–Crippen LogP) is 2.73. The van der Waals surface area contributed by atoms with Crippen molar-refractivity contribution in [2.24, 2.45) is 5.92 Å². The third-order valence-electron chi connectivity index (χ3n) is 4.03. The van der Waals surface area contributed by atoms with Gasteiger partial charge < -0.3 is 0 Å². The summed E-state index contributed by atoms with van der Waals surface area (Å²) in [6, 6.07) is 0. The number of amides is 1. The van der Waals surface area contributed by atoms with Crippen LogP contribution in [0, 0.1) is 5.92 Å². The molecule has 26 heavy (non-hydrogen) atoms. The maximum atomic E-state index is 12.4. The molecule has 3 N–H and O–H groups in total. The standard InChI is InChI=1S/C16H29INO7P/c1-5-8-18(21)16(20)15(17)26(22,24-10-14(19)23-4)25-13-7-6-11(2)12(3)9-13/h6-7,12,14-15,19,21-22,26H,5,8-10H2,1-4H3/t12-,14?,15?/m0/s1. The fourth-order valence-corrected chi connectivity index (χ4v) is 5.13. The third-order valence-corrected chi connectivity index (χ3v) is 8.94. The van der Waals surface area contributed by atoms with E-state index in [1.165, 1.54) is 12.7 Å². The summed E-state index contributed by atoms with van der Waals surface area (Å²) in [4.78, 5) is 23.4. The zero-order valence-electron chi connectivity index (χ0n) is 15.5. The van der Waals surface area contributed by atoms with Crippen LogP contribution in [0.25, 0.3) is 0 Å². The molecule has 0 aromatic heterocycles. The summed E-state index contributed by atoms with van der Waals surface area (Å²) < 4.78 is 14.8. The van der Waals surface area contributed by atoms with Gasteiger partial charge in [0.25, 0.3) is 0 Å². The topological polar surface area (TPSA) is 109 Å². The molecule has 0 aromatic rings. The predicted molar refractivity (Wildman–Crippen MR) is 108 cm³/mol. The quantitative estimate of drug-likeness (QED) is 0.105. The van der Waals surface area contributed by atoms with Gasteiger partial charge in [0.15, 0.2) is 0 Å². The molecule has 1 aliphatic rings. The summed E-state index contributed by atoms with van der Waals surface area (Å²) in [5, 5.41) is 19.9. The summed E-state index contributed by atoms with van der Waals surface area (Å²) in [7, 11) is -2.84. The molecule has 0 saturated heterocycles. The summed E-state index contributed by atoms with van der Waals surface area (Å²) in [6.45, 7) is 5.62. The Morgan fingerprint density at radius 2 is 2.15 bits per heavy atom. The van der Waals surface area contributed by atoms with Gasteiger partial charge in [0.1, 0.15) is 0 Å². The number of rotatable bonds is 10. The van der Waals surface area contributed by atoms with Crippen molar-refractivity contribution in [2.45, 2.75) is 43.6 Å². The Hall–Kier alpha value is -0.290. The van der Waals surface area contributed by atoms with Crippen LogP contribution >= 0.6 is 30.5 Å². The van der Waals surface area contributed by atoms with E-state index in [0.29, 0.717) is 23.7 Å². The van der Waals surface area contributed by atoms with E-state index < -0.39 is 23.8 Å². The van der Waals surface area contributed by atoms with E-state index in [0.717, 1.165) is 0 Å². The molecule has 1 aliphatic carbocycles. The monoisotopic (exact) mass is 505 g/mol. The third kappa shape index (κ3) is 6.70. The van der Waals surface area contributed by atoms with Gasteiger partial charge in [-0.1, -0.05) is 0 Å². The molecule has 0 spiro atoms. The van der Waals surface area contributed by atoms with Crippen LogP contribution in [0.5, 0.6) is 0 Å². The molecule has 0 bridgehead atoms. The van der Waals surface area contributed by atoms with Crippen LogP contribution in [0.3, 0.4) is 0 Å². The number of nitrogens with zero attached hydrogens (tertiary/aromatic N) is 1. The van der Waals surface area contributed by atoms with E-state index in [1.54, 1.807) is 28.7 Å². The second kappa shape index (κ2) is 10.9. The Bertz CT molecular complexity index is 545. The number of carbonyl (C=O) groups is 1. The van der Waals surface area contributed by atoms with Crippen LogP contribution in [0.2, 0.25) is 0 Å². The van der Waals surface area contributed by atoms with E-state index in [1.807, 2.05) is 26.8 Å². The second-order valence-electron chi connectivity index (χ2n) is 6.21. The summed E-state index contributed by atoms with van der Waals surface area (Å²) in [5.41, 5.74) is 1.19. The van der Waals surface area contributed by atoms with E-state index >= 15 is 0 Å². The Morgan fingerprint density at radius 1 is 1.50 bits per heavy atom. The number of halogens is 1. The normalized spacial score (nSPS) is 20.7. The summed E-state index contributed by atoms with van der Waals surface area (Å²) >= 11 is 1.71. The van der Waals surface area contributed by atoms with Crippen molar-refractivity contribution in [1.82, 2.24) is 5.06 Å². The average molecular weight is 505 g/mol. The number of ether oxygens (including phenoxy) is 1. The van der Waals surface area contributed by atoms with Crippen LogP contribution in [-0.4, -0.2) is 56.4 Å². The Labute approximate surface area is 168 Å². The van der Waals surface area contributed by atoms with Crippen LogP contribution in [-0.2, 0) is 18.6 Å². The maximum absolute atomic E-state index is 12.4. The number of aliphatic hydroxyl groups excluding tert-OH is 1. The van der Waals surface area contributed by atoms with Crippen molar-refractivity contribution in [1.29, 1.82) is 0 Å². The van der Waals surface area contributed by atoms with Gasteiger partial charge in [-0.3, -0.25) is 0 Å². The van der Waals surface area contributed by atoms with Crippen molar-refractivity contribution in [3.63, 3.8) is 0 Å². The molecule has 0 fully saturated rings. The first-order valence-electron chi connectivity index (χ1n) is 8.42. The number of aliphatic hydroxyl groups is 1. The molecular weight excluding hydrogens is 476 g/mol. The molecule has 0 aliphatic heterocycles. The average Bonchev–Trinajstić information content (AvgIpc) is 2.61. The molecule has 3 atom stereocenters. The SMILES string of the molecule is CCCN(O)C(=O)C(I)[PH](O)(OCC(O)OC)OC1=CC=C(C)[C@@H](C)C1. The molecule has 10 heteroatoms. The number of hydroxylamine groups is 2. The van der Waals surface area contributed by atoms with Crippen molar-refractivity contribution < 1.29 is 33.8 Å². The van der Waals surface area contributed by atoms with Crippen molar-refractivity contribution in [3.05, 3.63) is 23.5 Å². The summed E-state index contributed by atoms with van der Waals surface area (Å²) in [6.07, 6.45) is 3.48. The number of methoxy groups -OCH3 is 1. The van der Waals surface area contributed by atoms with Gasteiger partial charge in [0.2, 0.25) is 0 Å². The molecule has 1 rings (SSSR count). The summed E-state index contributed by atoms with van der Waals surface area (Å²) in [5.74, 6) is 0.0268. The van der Waals surface area contributed by atoms with Gasteiger partial charge >= 0.3 is 169 Å². The minimum atomic E-state index is -4.13. The number of hydrogen-bond donors (Lipinski definition) is 3. The number of hydrogen-bond acceptors (Lipinski definition) is 7. The van der Waals surface area contributed by atoms with E-state index in [9.17, 15) is 20.0 Å². The van der Waals surface area contributed by atoms with Crippen molar-refractivity contribution >= 4 is 36.4 Å². The van der Waals surface area contributed by atoms with Crippen LogP contribution in [0.15, 0.2) is 23.5 Å². The van der Waals surface area contributed by atoms with Crippen LogP contribution in [0.4, 0.5) is 0 Å². The van der Waals surface area contributed by atoms with Crippen molar-refractivity contribution in [3.8, 4) is 0 Å². The van der Waals surface area contributed by atoms with Gasteiger partial charge in [-0.25, -0.2) is 0 Å². The van der Waals surface area contributed by atoms with Crippen LogP contribution in [0.1, 0.15) is 33.6 Å². The molecular formula is C16H29INO7P. The fraction of sp³-hybridized carbons (Fsp3) is 0.688. The molecule has 0 heterocycles. The first-order chi connectivity index (χ1) is 12.1. The number of alkyl halides is 1. The number of allylic oxidation sites excluding steroid dienone is 4. The Kier molecular flexibility index (Phi) is 9.95. The Morgan fingerprint density at radius 3 is 2.69 bits per heavy atom. The van der Waals surface area contributed by atoms with Crippen LogP contribution < -0.4 is 0 Å². The van der Waals surface area contributed by atoms with Gasteiger partial charge in [-0.05, 0) is 0 Å².